The summed E-state index contributed by atoms with van der Waals surface area (Å²) in [7, 11) is 1.30. The lowest BCUT2D eigenvalue weighted by atomic mass is 9.78. The van der Waals surface area contributed by atoms with E-state index >= 15 is 0 Å². The average Bonchev–Trinajstić information content (AvgIpc) is 2.74. The van der Waals surface area contributed by atoms with Gasteiger partial charge in [-0.1, -0.05) is 0 Å². The molecule has 0 spiro atoms. The van der Waals surface area contributed by atoms with Crippen molar-refractivity contribution < 1.29 is 53.4 Å². The minimum absolute atomic E-state index is 0.125. The van der Waals surface area contributed by atoms with Crippen molar-refractivity contribution in [1.29, 1.82) is 0 Å². The van der Waals surface area contributed by atoms with Crippen molar-refractivity contribution >= 4 is 23.3 Å². The molecule has 1 unspecified atom stereocenters. The molecule has 0 bridgehead atoms. The number of carbonyl (C=O) groups excluding carboxylic acids is 4. The summed E-state index contributed by atoms with van der Waals surface area (Å²) in [6, 6.07) is 0. The number of ether oxygens (including phenoxy) is 4. The summed E-state index contributed by atoms with van der Waals surface area (Å²) in [5, 5.41) is 32.3. The van der Waals surface area contributed by atoms with E-state index in [1.54, 1.807) is 0 Å². The molecule has 0 aromatic carbocycles. The number of aliphatic hydroxyl groups is 3. The zero-order chi connectivity index (χ0) is 21.2. The van der Waals surface area contributed by atoms with Gasteiger partial charge in [0.25, 0.3) is 5.60 Å². The SMILES string of the molecule is COCCO[C@]1(O)[C@@H](C(O)C(C)=O)O[C@@](OC(C)=O)(C(C)=O)[C@@]1(O)C(C)=O. The van der Waals surface area contributed by atoms with Crippen molar-refractivity contribution in [3.05, 3.63) is 0 Å². The summed E-state index contributed by atoms with van der Waals surface area (Å²) in [6.45, 7) is 2.87. The molecule has 3 N–H and O–H groups in total. The van der Waals surface area contributed by atoms with Gasteiger partial charge in [0.05, 0.1) is 13.2 Å². The van der Waals surface area contributed by atoms with Crippen molar-refractivity contribution in [2.24, 2.45) is 0 Å². The molecule has 0 aromatic heterocycles. The first-order chi connectivity index (χ1) is 12.3. The van der Waals surface area contributed by atoms with Gasteiger partial charge in [0.15, 0.2) is 17.7 Å². The third kappa shape index (κ3) is 3.53. The van der Waals surface area contributed by atoms with Crippen molar-refractivity contribution in [1.82, 2.24) is 0 Å². The first-order valence-corrected chi connectivity index (χ1v) is 7.97. The Bertz CT molecular complexity index is 632. The lowest BCUT2D eigenvalue weighted by Gasteiger charge is -2.41. The second-order valence-corrected chi connectivity index (χ2v) is 6.16. The van der Waals surface area contributed by atoms with Gasteiger partial charge in [-0.25, -0.2) is 0 Å². The normalized spacial score (nSPS) is 34.1. The first-order valence-electron chi connectivity index (χ1n) is 7.97. The van der Waals surface area contributed by atoms with Crippen LogP contribution in [0.1, 0.15) is 27.7 Å². The number of carbonyl (C=O) groups is 4. The monoisotopic (exact) mass is 392 g/mol. The van der Waals surface area contributed by atoms with Gasteiger partial charge in [0.1, 0.15) is 6.10 Å². The number of ketones is 3. The number of rotatable bonds is 9. The van der Waals surface area contributed by atoms with Crippen LogP contribution in [0.25, 0.3) is 0 Å². The van der Waals surface area contributed by atoms with Crippen LogP contribution in [0.5, 0.6) is 0 Å². The van der Waals surface area contributed by atoms with E-state index in [-0.39, 0.29) is 6.61 Å². The molecule has 154 valence electrons. The van der Waals surface area contributed by atoms with Crippen LogP contribution in [0.3, 0.4) is 0 Å². The molecule has 1 rings (SSSR count). The zero-order valence-corrected chi connectivity index (χ0v) is 15.7. The van der Waals surface area contributed by atoms with Gasteiger partial charge >= 0.3 is 11.8 Å². The molecular formula is C16H24O11. The predicted octanol–water partition coefficient (Wildman–Crippen LogP) is -2.14. The van der Waals surface area contributed by atoms with Gasteiger partial charge in [-0.2, -0.15) is 0 Å². The van der Waals surface area contributed by atoms with E-state index in [0.717, 1.165) is 27.7 Å². The van der Waals surface area contributed by atoms with Gasteiger partial charge in [0, 0.05) is 21.0 Å². The second-order valence-electron chi connectivity index (χ2n) is 6.16. The summed E-state index contributed by atoms with van der Waals surface area (Å²) < 4.78 is 20.0. The topological polar surface area (TPSA) is 166 Å². The van der Waals surface area contributed by atoms with Gasteiger partial charge < -0.3 is 34.3 Å². The van der Waals surface area contributed by atoms with Crippen LogP contribution in [0.2, 0.25) is 0 Å². The molecule has 1 heterocycles. The van der Waals surface area contributed by atoms with E-state index in [9.17, 15) is 34.5 Å². The minimum Gasteiger partial charge on any atom is -0.421 e. The van der Waals surface area contributed by atoms with E-state index < -0.39 is 59.3 Å². The summed E-state index contributed by atoms with van der Waals surface area (Å²) >= 11 is 0. The van der Waals surface area contributed by atoms with E-state index in [2.05, 4.69) is 0 Å². The van der Waals surface area contributed by atoms with Gasteiger partial charge in [-0.15, -0.1) is 0 Å². The zero-order valence-electron chi connectivity index (χ0n) is 15.7. The van der Waals surface area contributed by atoms with Crippen molar-refractivity contribution in [2.45, 2.75) is 57.1 Å². The highest BCUT2D eigenvalue weighted by atomic mass is 16.8. The Morgan fingerprint density at radius 2 is 1.59 bits per heavy atom. The Labute approximate surface area is 155 Å². The number of hydrogen-bond donors (Lipinski definition) is 3. The van der Waals surface area contributed by atoms with E-state index in [0.29, 0.717) is 0 Å². The lowest BCUT2D eigenvalue weighted by molar-refractivity contribution is -0.307. The summed E-state index contributed by atoms with van der Waals surface area (Å²) in [5.41, 5.74) is -3.29. The number of aliphatic hydroxyl groups excluding tert-OH is 1. The Morgan fingerprint density at radius 3 is 1.96 bits per heavy atom. The Morgan fingerprint density at radius 1 is 1.04 bits per heavy atom. The molecule has 11 nitrogen and oxygen atoms in total. The van der Waals surface area contributed by atoms with Crippen LogP contribution in [-0.2, 0) is 38.1 Å². The minimum atomic E-state index is -3.29. The fraction of sp³-hybridized carbons (Fsp3) is 0.750. The van der Waals surface area contributed by atoms with E-state index in [1.165, 1.54) is 7.11 Å². The predicted molar refractivity (Wildman–Crippen MR) is 85.1 cm³/mol. The van der Waals surface area contributed by atoms with Crippen molar-refractivity contribution in [3.63, 3.8) is 0 Å². The fourth-order valence-corrected chi connectivity index (χ4v) is 2.94. The molecule has 0 aromatic rings. The van der Waals surface area contributed by atoms with Crippen molar-refractivity contribution in [3.8, 4) is 0 Å². The maximum Gasteiger partial charge on any atom is 0.315 e. The van der Waals surface area contributed by atoms with Crippen LogP contribution >= 0.6 is 0 Å². The molecular weight excluding hydrogens is 368 g/mol. The average molecular weight is 392 g/mol. The van der Waals surface area contributed by atoms with Crippen LogP contribution in [-0.4, -0.2) is 88.3 Å². The smallest absolute Gasteiger partial charge is 0.315 e. The van der Waals surface area contributed by atoms with E-state index in [4.69, 9.17) is 18.9 Å². The molecule has 0 radical (unpaired) electrons. The van der Waals surface area contributed by atoms with E-state index in [1.807, 2.05) is 0 Å². The molecule has 27 heavy (non-hydrogen) atoms. The maximum atomic E-state index is 12.3. The van der Waals surface area contributed by atoms with Crippen LogP contribution in [0.15, 0.2) is 0 Å². The maximum absolute atomic E-state index is 12.3. The highest BCUT2D eigenvalue weighted by molar-refractivity contribution is 5.99. The highest BCUT2D eigenvalue weighted by Crippen LogP contribution is 2.50. The quantitative estimate of drug-likeness (QED) is 0.222. The number of esters is 1. The largest absolute Gasteiger partial charge is 0.421 e. The molecule has 5 atom stereocenters. The first kappa shape index (κ1) is 23.3. The fourth-order valence-electron chi connectivity index (χ4n) is 2.94. The van der Waals surface area contributed by atoms with Crippen LogP contribution < -0.4 is 0 Å². The van der Waals surface area contributed by atoms with Crippen LogP contribution in [0.4, 0.5) is 0 Å². The standard InChI is InChI=1S/C16H24O11/c1-8(17)12(21)13-15(23,25-7-6-24-5)14(22,9(2)18)16(27-13,10(3)19)26-11(4)20/h12-13,21-23H,6-7H2,1-5H3/t12?,13-,14-,15-,16+/m1/s1. The third-order valence-corrected chi connectivity index (χ3v) is 4.25. The van der Waals surface area contributed by atoms with Gasteiger partial charge in [-0.3, -0.25) is 19.2 Å². The van der Waals surface area contributed by atoms with Crippen LogP contribution in [0, 0.1) is 0 Å². The lowest BCUT2D eigenvalue weighted by Crippen LogP contribution is -2.72. The molecule has 0 amide bonds. The number of methoxy groups -OCH3 is 1. The molecule has 1 aliphatic rings. The molecule has 0 saturated carbocycles. The van der Waals surface area contributed by atoms with Crippen molar-refractivity contribution in [2.75, 3.05) is 20.3 Å². The highest BCUT2D eigenvalue weighted by Gasteiger charge is 2.82. The number of Topliss-reactive ketones (excluding diaryl/α,β-unsaturated/α-hetero) is 3. The Kier molecular flexibility index (Phi) is 6.97. The molecule has 1 saturated heterocycles. The van der Waals surface area contributed by atoms with Gasteiger partial charge in [0.2, 0.25) is 11.6 Å². The summed E-state index contributed by atoms with van der Waals surface area (Å²) in [6.07, 6.45) is -4.26. The number of hydrogen-bond acceptors (Lipinski definition) is 11. The Balaban J connectivity index is 3.73. The third-order valence-electron chi connectivity index (χ3n) is 4.25. The molecule has 1 fully saturated rings. The molecule has 11 heteroatoms. The Hall–Kier alpha value is -1.76. The summed E-state index contributed by atoms with van der Waals surface area (Å²) in [4.78, 5) is 47.9. The second kappa shape index (κ2) is 8.09. The molecule has 1 aliphatic heterocycles. The molecule has 0 aliphatic carbocycles. The van der Waals surface area contributed by atoms with Gasteiger partial charge in [-0.05, 0) is 13.8 Å². The summed E-state index contributed by atoms with van der Waals surface area (Å²) in [5.74, 6) is -10.7.